The minimum atomic E-state index is -2.78. The Morgan fingerprint density at radius 2 is 1.89 bits per heavy atom. The molecule has 0 radical (unpaired) electrons. The van der Waals surface area contributed by atoms with Crippen molar-refractivity contribution in [3.8, 4) is 0 Å². The molecule has 1 saturated carbocycles. The highest BCUT2D eigenvalue weighted by Crippen LogP contribution is 2.30. The van der Waals surface area contributed by atoms with Gasteiger partial charge >= 0.3 is 0 Å². The molecule has 2 rings (SSSR count). The molecule has 1 aliphatic carbocycles. The lowest BCUT2D eigenvalue weighted by molar-refractivity contribution is 0.163. The van der Waals surface area contributed by atoms with Gasteiger partial charge in [-0.3, -0.25) is 4.90 Å². The first kappa shape index (κ1) is 15.0. The molecule has 0 bridgehead atoms. The topological polar surface area (TPSA) is 37.4 Å². The van der Waals surface area contributed by atoms with Crippen molar-refractivity contribution in [1.29, 1.82) is 0 Å². The molecule has 4 heteroatoms. The van der Waals surface area contributed by atoms with E-state index in [0.717, 1.165) is 31.3 Å². The smallest absolute Gasteiger partial charge is 0.151 e. The van der Waals surface area contributed by atoms with Gasteiger partial charge in [-0.1, -0.05) is 25.8 Å². The monoisotopic (exact) mass is 285 g/mol. The van der Waals surface area contributed by atoms with E-state index >= 15 is 0 Å². The summed E-state index contributed by atoms with van der Waals surface area (Å²) in [5, 5.41) is 0. The van der Waals surface area contributed by atoms with Crippen LogP contribution >= 0.6 is 0 Å². The van der Waals surface area contributed by atoms with E-state index in [0.29, 0.717) is 11.5 Å². The zero-order valence-electron chi connectivity index (χ0n) is 12.1. The SMILES string of the molecule is C=CCN(CC1CCC(C)CC1)[C@@H]1CCS(=O)(=O)C1. The lowest BCUT2D eigenvalue weighted by Crippen LogP contribution is -2.40. The van der Waals surface area contributed by atoms with Gasteiger partial charge in [-0.25, -0.2) is 8.42 Å². The summed E-state index contributed by atoms with van der Waals surface area (Å²) >= 11 is 0. The fraction of sp³-hybridized carbons (Fsp3) is 0.867. The largest absolute Gasteiger partial charge is 0.295 e. The van der Waals surface area contributed by atoms with Gasteiger partial charge in [0, 0.05) is 19.1 Å². The summed E-state index contributed by atoms with van der Waals surface area (Å²) < 4.78 is 23.3. The summed E-state index contributed by atoms with van der Waals surface area (Å²) in [6, 6.07) is 0.224. The first-order valence-corrected chi connectivity index (χ1v) is 9.37. The molecule has 0 N–H and O–H groups in total. The molecule has 1 saturated heterocycles. The molecule has 0 aromatic rings. The first-order chi connectivity index (χ1) is 9.00. The number of hydrogen-bond acceptors (Lipinski definition) is 3. The minimum absolute atomic E-state index is 0.224. The van der Waals surface area contributed by atoms with E-state index < -0.39 is 9.84 Å². The predicted octanol–water partition coefficient (Wildman–Crippen LogP) is 2.49. The third kappa shape index (κ3) is 4.32. The average Bonchev–Trinajstić information content (AvgIpc) is 2.72. The maximum absolute atomic E-state index is 11.6. The van der Waals surface area contributed by atoms with Crippen LogP contribution in [0.2, 0.25) is 0 Å². The Kier molecular flexibility index (Phi) is 5.07. The number of sulfone groups is 1. The van der Waals surface area contributed by atoms with Crippen LogP contribution < -0.4 is 0 Å². The zero-order valence-corrected chi connectivity index (χ0v) is 12.9. The van der Waals surface area contributed by atoms with Crippen LogP contribution in [0.4, 0.5) is 0 Å². The van der Waals surface area contributed by atoms with Gasteiger partial charge < -0.3 is 0 Å². The maximum atomic E-state index is 11.6. The second kappa shape index (κ2) is 6.40. The highest BCUT2D eigenvalue weighted by Gasteiger charge is 2.33. The number of hydrogen-bond donors (Lipinski definition) is 0. The molecular weight excluding hydrogens is 258 g/mol. The quantitative estimate of drug-likeness (QED) is 0.728. The van der Waals surface area contributed by atoms with E-state index in [1.807, 2.05) is 6.08 Å². The fourth-order valence-corrected chi connectivity index (χ4v) is 5.21. The van der Waals surface area contributed by atoms with Crippen molar-refractivity contribution in [3.05, 3.63) is 12.7 Å². The molecule has 2 fully saturated rings. The van der Waals surface area contributed by atoms with Crippen LogP contribution in [0.3, 0.4) is 0 Å². The molecule has 0 unspecified atom stereocenters. The molecule has 1 atom stereocenters. The summed E-state index contributed by atoms with van der Waals surface area (Å²) in [4.78, 5) is 2.36. The normalized spacial score (nSPS) is 34.5. The van der Waals surface area contributed by atoms with Crippen molar-refractivity contribution < 1.29 is 8.42 Å². The standard InChI is InChI=1S/C15H27NO2S/c1-3-9-16(15-8-10-19(17,18)12-15)11-14-6-4-13(2)5-7-14/h3,13-15H,1,4-12H2,2H3/t13?,14?,15-/m1/s1. The van der Waals surface area contributed by atoms with Gasteiger partial charge in [0.05, 0.1) is 11.5 Å². The summed E-state index contributed by atoms with van der Waals surface area (Å²) in [5.41, 5.74) is 0. The lowest BCUT2D eigenvalue weighted by Gasteiger charge is -2.34. The molecule has 0 amide bonds. The molecule has 1 aliphatic heterocycles. The second-order valence-corrected chi connectivity index (χ2v) is 8.65. The van der Waals surface area contributed by atoms with Crippen molar-refractivity contribution in [3.63, 3.8) is 0 Å². The Morgan fingerprint density at radius 3 is 2.42 bits per heavy atom. The molecule has 19 heavy (non-hydrogen) atoms. The van der Waals surface area contributed by atoms with Gasteiger partial charge in [0.1, 0.15) is 0 Å². The molecule has 0 spiro atoms. The summed E-state index contributed by atoms with van der Waals surface area (Å²) in [6.45, 7) is 8.04. The van der Waals surface area contributed by atoms with E-state index in [1.54, 1.807) is 0 Å². The third-order valence-electron chi connectivity index (χ3n) is 4.72. The summed E-state index contributed by atoms with van der Waals surface area (Å²) in [6.07, 6.45) is 7.98. The average molecular weight is 285 g/mol. The van der Waals surface area contributed by atoms with Crippen LogP contribution in [0.5, 0.6) is 0 Å². The van der Waals surface area contributed by atoms with Gasteiger partial charge in [-0.05, 0) is 31.1 Å². The van der Waals surface area contributed by atoms with Crippen LogP contribution in [0.25, 0.3) is 0 Å². The van der Waals surface area contributed by atoms with Gasteiger partial charge in [-0.2, -0.15) is 0 Å². The van der Waals surface area contributed by atoms with E-state index in [2.05, 4.69) is 18.4 Å². The van der Waals surface area contributed by atoms with E-state index in [-0.39, 0.29) is 6.04 Å². The molecular formula is C15H27NO2S. The van der Waals surface area contributed by atoms with Crippen molar-refractivity contribution >= 4 is 9.84 Å². The van der Waals surface area contributed by atoms with Gasteiger partial charge in [0.15, 0.2) is 9.84 Å². The summed E-state index contributed by atoms with van der Waals surface area (Å²) in [5.74, 6) is 2.34. The molecule has 0 aromatic carbocycles. The lowest BCUT2D eigenvalue weighted by atomic mass is 9.82. The van der Waals surface area contributed by atoms with Crippen molar-refractivity contribution in [1.82, 2.24) is 4.90 Å². The van der Waals surface area contributed by atoms with E-state index in [9.17, 15) is 8.42 Å². The third-order valence-corrected chi connectivity index (χ3v) is 6.47. The summed E-state index contributed by atoms with van der Waals surface area (Å²) in [7, 11) is -2.78. The van der Waals surface area contributed by atoms with Crippen LogP contribution in [0.1, 0.15) is 39.0 Å². The maximum Gasteiger partial charge on any atom is 0.151 e. The van der Waals surface area contributed by atoms with Crippen LogP contribution in [-0.2, 0) is 9.84 Å². The first-order valence-electron chi connectivity index (χ1n) is 7.55. The molecule has 0 aromatic heterocycles. The predicted molar refractivity (Wildman–Crippen MR) is 80.0 cm³/mol. The van der Waals surface area contributed by atoms with Crippen LogP contribution in [-0.4, -0.2) is 44.0 Å². The Labute approximate surface area is 118 Å². The van der Waals surface area contributed by atoms with Crippen molar-refractivity contribution in [2.24, 2.45) is 11.8 Å². The fourth-order valence-electron chi connectivity index (χ4n) is 3.45. The number of nitrogens with zero attached hydrogens (tertiary/aromatic N) is 1. The van der Waals surface area contributed by atoms with Gasteiger partial charge in [0.2, 0.25) is 0 Å². The molecule has 2 aliphatic rings. The second-order valence-electron chi connectivity index (χ2n) is 6.43. The Hall–Kier alpha value is -0.350. The Bertz CT molecular complexity index is 396. The highest BCUT2D eigenvalue weighted by molar-refractivity contribution is 7.91. The van der Waals surface area contributed by atoms with Gasteiger partial charge in [0.25, 0.3) is 0 Å². The van der Waals surface area contributed by atoms with Crippen LogP contribution in [0.15, 0.2) is 12.7 Å². The van der Waals surface area contributed by atoms with E-state index in [1.165, 1.54) is 25.7 Å². The van der Waals surface area contributed by atoms with Crippen LogP contribution in [0, 0.1) is 11.8 Å². The Balaban J connectivity index is 1.91. The number of rotatable bonds is 5. The molecule has 110 valence electrons. The van der Waals surface area contributed by atoms with Crippen molar-refractivity contribution in [2.75, 3.05) is 24.6 Å². The zero-order chi connectivity index (χ0) is 13.9. The molecule has 1 heterocycles. The minimum Gasteiger partial charge on any atom is -0.295 e. The van der Waals surface area contributed by atoms with Crippen molar-refractivity contribution in [2.45, 2.75) is 45.1 Å². The van der Waals surface area contributed by atoms with E-state index in [4.69, 9.17) is 0 Å². The Morgan fingerprint density at radius 1 is 1.21 bits per heavy atom. The molecule has 3 nitrogen and oxygen atoms in total. The van der Waals surface area contributed by atoms with Gasteiger partial charge in [-0.15, -0.1) is 6.58 Å². The highest BCUT2D eigenvalue weighted by atomic mass is 32.2.